The minimum atomic E-state index is -0.0686. The van der Waals surface area contributed by atoms with Crippen molar-refractivity contribution in [1.82, 2.24) is 10.2 Å². The Morgan fingerprint density at radius 1 is 1.44 bits per heavy atom. The lowest BCUT2D eigenvalue weighted by atomic mass is 10.2. The van der Waals surface area contributed by atoms with Crippen LogP contribution in [0.1, 0.15) is 37.0 Å². The van der Waals surface area contributed by atoms with Crippen LogP contribution < -0.4 is 5.32 Å². The van der Waals surface area contributed by atoms with Gasteiger partial charge in [0.1, 0.15) is 0 Å². The van der Waals surface area contributed by atoms with Gasteiger partial charge in [0, 0.05) is 37.0 Å². The number of amides is 2. The summed E-state index contributed by atoms with van der Waals surface area (Å²) in [7, 11) is 1.80. The van der Waals surface area contributed by atoms with Crippen LogP contribution in [0.5, 0.6) is 0 Å². The molecule has 5 heteroatoms. The quantitative estimate of drug-likeness (QED) is 0.803. The van der Waals surface area contributed by atoms with Gasteiger partial charge in [0.25, 0.3) is 5.91 Å². The van der Waals surface area contributed by atoms with Crippen LogP contribution in [-0.4, -0.2) is 36.3 Å². The largest absolute Gasteiger partial charge is 0.352 e. The molecule has 0 saturated heterocycles. The smallest absolute Gasteiger partial charge is 0.252 e. The fourth-order valence-electron chi connectivity index (χ4n) is 1.40. The topological polar surface area (TPSA) is 49.4 Å². The molecule has 100 valence electrons. The van der Waals surface area contributed by atoms with E-state index in [1.165, 1.54) is 11.3 Å². The summed E-state index contributed by atoms with van der Waals surface area (Å²) in [6, 6.07) is 2.01. The zero-order chi connectivity index (χ0) is 13.5. The molecule has 0 bridgehead atoms. The first-order valence-corrected chi connectivity index (χ1v) is 7.02. The van der Waals surface area contributed by atoms with Crippen LogP contribution in [0.3, 0.4) is 0 Å². The number of nitrogens with zero attached hydrogens (tertiary/aromatic N) is 1. The van der Waals surface area contributed by atoms with Crippen molar-refractivity contribution in [2.45, 2.75) is 32.7 Å². The lowest BCUT2D eigenvalue weighted by Gasteiger charge is -2.21. The molecule has 1 N–H and O–H groups in total. The number of rotatable bonds is 6. The van der Waals surface area contributed by atoms with Gasteiger partial charge in [-0.25, -0.2) is 0 Å². The van der Waals surface area contributed by atoms with E-state index in [0.717, 1.165) is 0 Å². The molecule has 0 fully saturated rings. The van der Waals surface area contributed by atoms with Gasteiger partial charge in [0.15, 0.2) is 0 Å². The van der Waals surface area contributed by atoms with Gasteiger partial charge in [-0.15, -0.1) is 0 Å². The lowest BCUT2D eigenvalue weighted by Crippen LogP contribution is -2.33. The van der Waals surface area contributed by atoms with E-state index < -0.39 is 0 Å². The molecule has 1 aromatic rings. The Morgan fingerprint density at radius 3 is 2.72 bits per heavy atom. The summed E-state index contributed by atoms with van der Waals surface area (Å²) in [4.78, 5) is 25.0. The summed E-state index contributed by atoms with van der Waals surface area (Å²) >= 11 is 1.50. The highest BCUT2D eigenvalue weighted by atomic mass is 32.1. The molecule has 0 aliphatic heterocycles. The lowest BCUT2D eigenvalue weighted by molar-refractivity contribution is -0.131. The summed E-state index contributed by atoms with van der Waals surface area (Å²) in [5.41, 5.74) is 0.686. The number of carbonyl (C=O) groups excluding carboxylic acids is 2. The Bertz CT molecular complexity index is 388. The molecule has 18 heavy (non-hydrogen) atoms. The fraction of sp³-hybridized carbons (Fsp3) is 0.538. The molecular formula is C13H20N2O2S. The van der Waals surface area contributed by atoms with E-state index in [1.54, 1.807) is 18.0 Å². The Balaban J connectivity index is 2.19. The normalized spacial score (nSPS) is 10.4. The minimum absolute atomic E-state index is 0.0686. The summed E-state index contributed by atoms with van der Waals surface area (Å²) in [5, 5.41) is 6.49. The Morgan fingerprint density at radius 2 is 2.17 bits per heavy atom. The second kappa shape index (κ2) is 7.16. The predicted octanol–water partition coefficient (Wildman–Crippen LogP) is 2.12. The average molecular weight is 268 g/mol. The van der Waals surface area contributed by atoms with Crippen molar-refractivity contribution >= 4 is 23.2 Å². The number of thiophene rings is 1. The summed E-state index contributed by atoms with van der Waals surface area (Å²) in [5.74, 6) is 0.0516. The van der Waals surface area contributed by atoms with Crippen LogP contribution in [0, 0.1) is 0 Å². The molecule has 0 aliphatic carbocycles. The second-order valence-corrected chi connectivity index (χ2v) is 5.25. The highest BCUT2D eigenvalue weighted by Crippen LogP contribution is 2.05. The monoisotopic (exact) mass is 268 g/mol. The molecular weight excluding hydrogens is 248 g/mol. The van der Waals surface area contributed by atoms with E-state index in [9.17, 15) is 9.59 Å². The maximum absolute atomic E-state index is 11.7. The minimum Gasteiger partial charge on any atom is -0.352 e. The van der Waals surface area contributed by atoms with Gasteiger partial charge in [0.2, 0.25) is 5.91 Å². The van der Waals surface area contributed by atoms with Gasteiger partial charge >= 0.3 is 0 Å². The standard InChI is InChI=1S/C13H20N2O2S/c1-10(2)15(3)12(16)5-4-7-14-13(17)11-6-8-18-9-11/h6,8-10H,4-5,7H2,1-3H3,(H,14,17). The molecule has 4 nitrogen and oxygen atoms in total. The summed E-state index contributed by atoms with van der Waals surface area (Å²) in [6.07, 6.45) is 1.14. The van der Waals surface area contributed by atoms with Crippen LogP contribution >= 0.6 is 11.3 Å². The SMILES string of the molecule is CC(C)N(C)C(=O)CCCNC(=O)c1ccsc1. The van der Waals surface area contributed by atoms with Crippen molar-refractivity contribution in [2.75, 3.05) is 13.6 Å². The van der Waals surface area contributed by atoms with E-state index >= 15 is 0 Å². The molecule has 1 rings (SSSR count). The second-order valence-electron chi connectivity index (χ2n) is 4.47. The third kappa shape index (κ3) is 4.49. The van der Waals surface area contributed by atoms with Crippen LogP contribution in [0.2, 0.25) is 0 Å². The third-order valence-electron chi connectivity index (χ3n) is 2.80. The van der Waals surface area contributed by atoms with E-state index in [-0.39, 0.29) is 17.9 Å². The van der Waals surface area contributed by atoms with Crippen molar-refractivity contribution in [3.8, 4) is 0 Å². The molecule has 1 heterocycles. The Hall–Kier alpha value is -1.36. The highest BCUT2D eigenvalue weighted by molar-refractivity contribution is 7.08. The highest BCUT2D eigenvalue weighted by Gasteiger charge is 2.11. The van der Waals surface area contributed by atoms with Gasteiger partial charge in [0.05, 0.1) is 0 Å². The Labute approximate surface area is 112 Å². The molecule has 0 atom stereocenters. The van der Waals surface area contributed by atoms with E-state index in [1.807, 2.05) is 24.6 Å². The van der Waals surface area contributed by atoms with Crippen LogP contribution in [-0.2, 0) is 4.79 Å². The first kappa shape index (κ1) is 14.7. The molecule has 2 amide bonds. The molecule has 0 aliphatic rings. The van der Waals surface area contributed by atoms with Crippen LogP contribution in [0.15, 0.2) is 16.8 Å². The van der Waals surface area contributed by atoms with Gasteiger partial charge in [-0.1, -0.05) is 0 Å². The molecule has 0 saturated carbocycles. The predicted molar refractivity (Wildman–Crippen MR) is 73.8 cm³/mol. The molecule has 0 unspecified atom stereocenters. The van der Waals surface area contributed by atoms with E-state index in [0.29, 0.717) is 24.9 Å². The van der Waals surface area contributed by atoms with Gasteiger partial charge in [-0.05, 0) is 31.7 Å². The van der Waals surface area contributed by atoms with Crippen molar-refractivity contribution in [1.29, 1.82) is 0 Å². The van der Waals surface area contributed by atoms with Crippen molar-refractivity contribution in [3.63, 3.8) is 0 Å². The Kier molecular flexibility index (Phi) is 5.85. The maximum atomic E-state index is 11.7. The van der Waals surface area contributed by atoms with E-state index in [4.69, 9.17) is 0 Å². The first-order valence-electron chi connectivity index (χ1n) is 6.08. The molecule has 0 aromatic carbocycles. The molecule has 0 radical (unpaired) electrons. The first-order chi connectivity index (χ1) is 8.52. The van der Waals surface area contributed by atoms with Crippen LogP contribution in [0.25, 0.3) is 0 Å². The zero-order valence-electron chi connectivity index (χ0n) is 11.1. The molecule has 0 spiro atoms. The van der Waals surface area contributed by atoms with Gasteiger partial charge < -0.3 is 10.2 Å². The average Bonchev–Trinajstić information content (AvgIpc) is 2.86. The zero-order valence-corrected chi connectivity index (χ0v) is 11.9. The third-order valence-corrected chi connectivity index (χ3v) is 3.49. The number of hydrogen-bond acceptors (Lipinski definition) is 3. The maximum Gasteiger partial charge on any atom is 0.252 e. The van der Waals surface area contributed by atoms with Crippen molar-refractivity contribution < 1.29 is 9.59 Å². The number of carbonyl (C=O) groups is 2. The van der Waals surface area contributed by atoms with Gasteiger partial charge in [-0.3, -0.25) is 9.59 Å². The number of nitrogens with one attached hydrogen (secondary N) is 1. The summed E-state index contributed by atoms with van der Waals surface area (Å²) in [6.45, 7) is 4.50. The van der Waals surface area contributed by atoms with E-state index in [2.05, 4.69) is 5.32 Å². The van der Waals surface area contributed by atoms with Crippen molar-refractivity contribution in [3.05, 3.63) is 22.4 Å². The number of hydrogen-bond donors (Lipinski definition) is 1. The molecule has 1 aromatic heterocycles. The summed E-state index contributed by atoms with van der Waals surface area (Å²) < 4.78 is 0. The fourth-order valence-corrected chi connectivity index (χ4v) is 2.04. The van der Waals surface area contributed by atoms with Crippen molar-refractivity contribution in [2.24, 2.45) is 0 Å². The van der Waals surface area contributed by atoms with Gasteiger partial charge in [-0.2, -0.15) is 11.3 Å². The van der Waals surface area contributed by atoms with Crippen LogP contribution in [0.4, 0.5) is 0 Å².